The molecule has 4 aromatic carbocycles. The zero-order chi connectivity index (χ0) is 36.0. The highest BCUT2D eigenvalue weighted by atomic mass is 16.5. The van der Waals surface area contributed by atoms with Gasteiger partial charge in [-0.05, 0) is 39.8 Å². The number of hydrazone groups is 1. The van der Waals surface area contributed by atoms with Crippen molar-refractivity contribution >= 4 is 29.7 Å². The van der Waals surface area contributed by atoms with Crippen molar-refractivity contribution in [3.05, 3.63) is 144 Å². The van der Waals surface area contributed by atoms with Gasteiger partial charge in [-0.3, -0.25) is 9.59 Å². The minimum Gasteiger partial charge on any atom is -0.460 e. The molecule has 4 N–H and O–H groups in total. The Morgan fingerprint density at radius 1 is 0.784 bits per heavy atom. The van der Waals surface area contributed by atoms with Crippen LogP contribution in [-0.4, -0.2) is 55.5 Å². The molecule has 0 aromatic heterocycles. The minimum absolute atomic E-state index is 0.0246. The monoisotopic (exact) mass is 687 g/mol. The average molecular weight is 688 g/mol. The quantitative estimate of drug-likeness (QED) is 0.0523. The fourth-order valence-electron chi connectivity index (χ4n) is 6.01. The highest BCUT2D eigenvalue weighted by Crippen LogP contribution is 2.44. The molecule has 0 saturated heterocycles. The Bertz CT molecular complexity index is 1780. The van der Waals surface area contributed by atoms with Crippen molar-refractivity contribution in [2.45, 2.75) is 37.8 Å². The SMILES string of the molecule is C=CCOC(=O)CNC(=O)/C(=N/NC(=O)NC(c1ccccc1)c1ccccc1)C(CCC)NC(=O)OCC1c2ccccc2-c2ccccc21. The van der Waals surface area contributed by atoms with E-state index in [1.54, 1.807) is 0 Å². The number of urea groups is 1. The highest BCUT2D eigenvalue weighted by Gasteiger charge is 2.31. The van der Waals surface area contributed by atoms with Crippen LogP contribution in [0.1, 0.15) is 54.0 Å². The molecule has 4 aromatic rings. The van der Waals surface area contributed by atoms with Gasteiger partial charge in [-0.2, -0.15) is 5.10 Å². The van der Waals surface area contributed by atoms with Gasteiger partial charge in [-0.1, -0.05) is 135 Å². The number of alkyl carbamates (subject to hydrolysis) is 1. The molecule has 1 atom stereocenters. The Labute approximate surface area is 297 Å². The first-order valence-electron chi connectivity index (χ1n) is 16.8. The van der Waals surface area contributed by atoms with E-state index in [2.05, 4.69) is 33.1 Å². The summed E-state index contributed by atoms with van der Waals surface area (Å²) in [6.45, 7) is 4.95. The lowest BCUT2D eigenvalue weighted by atomic mass is 9.98. The molecular weight excluding hydrogens is 646 g/mol. The fourth-order valence-corrected chi connectivity index (χ4v) is 6.01. The van der Waals surface area contributed by atoms with Crippen molar-refractivity contribution in [3.63, 3.8) is 0 Å². The van der Waals surface area contributed by atoms with Crippen LogP contribution in [0.4, 0.5) is 9.59 Å². The van der Waals surface area contributed by atoms with E-state index in [0.29, 0.717) is 6.42 Å². The summed E-state index contributed by atoms with van der Waals surface area (Å²) < 4.78 is 10.7. The van der Waals surface area contributed by atoms with E-state index in [-0.39, 0.29) is 31.3 Å². The van der Waals surface area contributed by atoms with E-state index >= 15 is 0 Å². The molecule has 0 bridgehead atoms. The maximum absolute atomic E-state index is 13.5. The number of hydrogen-bond acceptors (Lipinski definition) is 7. The third kappa shape index (κ3) is 9.48. The van der Waals surface area contributed by atoms with Crippen LogP contribution in [0.15, 0.2) is 127 Å². The smallest absolute Gasteiger partial charge is 0.407 e. The minimum atomic E-state index is -0.978. The second-order valence-electron chi connectivity index (χ2n) is 11.8. The Hall–Kier alpha value is -6.23. The van der Waals surface area contributed by atoms with Gasteiger partial charge < -0.3 is 25.4 Å². The third-order valence-electron chi connectivity index (χ3n) is 8.35. The third-order valence-corrected chi connectivity index (χ3v) is 8.35. The standard InChI is InChI=1S/C40H41N5O6/c1-3-15-34(42-40(49)51-26-33-31-22-13-11-20-29(31)30-21-12-14-23-32(30)33)37(38(47)41-25-35(46)50-24-4-2)44-45-39(48)43-36(27-16-7-5-8-17-27)28-18-9-6-10-19-28/h4-14,16-23,33-34,36H,2-3,15,24-26H2,1H3,(H,41,47)(H,42,49)(H2,43,45,48)/b44-37+. The van der Waals surface area contributed by atoms with Gasteiger partial charge >= 0.3 is 18.1 Å². The molecular formula is C40H41N5O6. The molecule has 11 nitrogen and oxygen atoms in total. The number of amides is 4. The number of benzene rings is 4. The van der Waals surface area contributed by atoms with Crippen molar-refractivity contribution in [3.8, 4) is 11.1 Å². The van der Waals surface area contributed by atoms with Crippen molar-refractivity contribution < 1.29 is 28.7 Å². The van der Waals surface area contributed by atoms with Crippen LogP contribution in [0, 0.1) is 0 Å². The zero-order valence-corrected chi connectivity index (χ0v) is 28.3. The zero-order valence-electron chi connectivity index (χ0n) is 28.3. The Morgan fingerprint density at radius 2 is 1.35 bits per heavy atom. The van der Waals surface area contributed by atoms with E-state index in [9.17, 15) is 19.2 Å². The Morgan fingerprint density at radius 3 is 1.92 bits per heavy atom. The molecule has 0 radical (unpaired) electrons. The molecule has 1 aliphatic carbocycles. The van der Waals surface area contributed by atoms with Crippen LogP contribution in [0.2, 0.25) is 0 Å². The molecule has 0 fully saturated rings. The molecule has 1 unspecified atom stereocenters. The van der Waals surface area contributed by atoms with E-state index < -0.39 is 42.6 Å². The lowest BCUT2D eigenvalue weighted by Gasteiger charge is -2.22. The van der Waals surface area contributed by atoms with Crippen molar-refractivity contribution in [2.75, 3.05) is 19.8 Å². The topological polar surface area (TPSA) is 147 Å². The van der Waals surface area contributed by atoms with Gasteiger partial charge in [0, 0.05) is 5.92 Å². The number of esters is 1. The number of carbonyl (C=O) groups is 4. The van der Waals surface area contributed by atoms with Crippen LogP contribution >= 0.6 is 0 Å². The molecule has 51 heavy (non-hydrogen) atoms. The Kier molecular flexibility index (Phi) is 12.7. The van der Waals surface area contributed by atoms with Gasteiger partial charge in [0.05, 0.1) is 12.1 Å². The van der Waals surface area contributed by atoms with Gasteiger partial charge in [0.25, 0.3) is 5.91 Å². The average Bonchev–Trinajstić information content (AvgIpc) is 3.48. The van der Waals surface area contributed by atoms with Crippen molar-refractivity contribution in [2.24, 2.45) is 5.10 Å². The Balaban J connectivity index is 1.33. The van der Waals surface area contributed by atoms with Gasteiger partial charge in [0.2, 0.25) is 0 Å². The van der Waals surface area contributed by atoms with Crippen molar-refractivity contribution in [1.82, 2.24) is 21.4 Å². The lowest BCUT2D eigenvalue weighted by molar-refractivity contribution is -0.142. The summed E-state index contributed by atoms with van der Waals surface area (Å²) in [5.41, 5.74) is 8.16. The molecule has 0 spiro atoms. The van der Waals surface area contributed by atoms with Crippen LogP contribution < -0.4 is 21.4 Å². The van der Waals surface area contributed by atoms with E-state index in [1.165, 1.54) is 6.08 Å². The molecule has 11 heteroatoms. The number of carbonyl (C=O) groups excluding carboxylic acids is 4. The lowest BCUT2D eigenvalue weighted by Crippen LogP contribution is -2.50. The normalized spacial score (nSPS) is 12.5. The van der Waals surface area contributed by atoms with Crippen molar-refractivity contribution in [1.29, 1.82) is 0 Å². The first kappa shape index (κ1) is 36.1. The predicted octanol–water partition coefficient (Wildman–Crippen LogP) is 5.98. The predicted molar refractivity (Wildman–Crippen MR) is 195 cm³/mol. The molecule has 5 rings (SSSR count). The largest absolute Gasteiger partial charge is 0.460 e. The molecule has 262 valence electrons. The van der Waals surface area contributed by atoms with Gasteiger partial charge in [0.15, 0.2) is 0 Å². The van der Waals surface area contributed by atoms with Crippen LogP contribution in [0.3, 0.4) is 0 Å². The molecule has 1 aliphatic rings. The summed E-state index contributed by atoms with van der Waals surface area (Å²) in [6, 6.07) is 32.6. The summed E-state index contributed by atoms with van der Waals surface area (Å²) in [5.74, 6) is -1.65. The summed E-state index contributed by atoms with van der Waals surface area (Å²) in [4.78, 5) is 52.3. The fraction of sp³-hybridized carbons (Fsp3) is 0.225. The van der Waals surface area contributed by atoms with Gasteiger partial charge in [-0.25, -0.2) is 15.0 Å². The highest BCUT2D eigenvalue weighted by molar-refractivity contribution is 6.41. The van der Waals surface area contributed by atoms with E-state index in [0.717, 1.165) is 33.4 Å². The molecule has 4 amide bonds. The molecule has 0 aliphatic heterocycles. The van der Waals surface area contributed by atoms with E-state index in [4.69, 9.17) is 9.47 Å². The first-order valence-corrected chi connectivity index (χ1v) is 16.8. The summed E-state index contributed by atoms with van der Waals surface area (Å²) in [7, 11) is 0. The number of fused-ring (bicyclic) bond motifs is 3. The van der Waals surface area contributed by atoms with E-state index in [1.807, 2.05) is 116 Å². The van der Waals surface area contributed by atoms with Crippen LogP contribution in [0.5, 0.6) is 0 Å². The van der Waals surface area contributed by atoms with Crippen LogP contribution in [-0.2, 0) is 19.1 Å². The number of hydrogen-bond donors (Lipinski definition) is 4. The first-order chi connectivity index (χ1) is 24.9. The number of nitrogens with one attached hydrogen (secondary N) is 4. The number of nitrogens with zero attached hydrogens (tertiary/aromatic N) is 1. The second kappa shape index (κ2) is 18.0. The second-order valence-corrected chi connectivity index (χ2v) is 11.8. The molecule has 0 heterocycles. The van der Waals surface area contributed by atoms with Gasteiger partial charge in [-0.15, -0.1) is 0 Å². The summed E-state index contributed by atoms with van der Waals surface area (Å²) >= 11 is 0. The summed E-state index contributed by atoms with van der Waals surface area (Å²) in [6.07, 6.45) is 1.46. The van der Waals surface area contributed by atoms with Crippen LogP contribution in [0.25, 0.3) is 11.1 Å². The maximum atomic E-state index is 13.5. The molecule has 0 saturated carbocycles. The number of ether oxygens (including phenoxy) is 2. The summed E-state index contributed by atoms with van der Waals surface area (Å²) in [5, 5.41) is 12.3. The maximum Gasteiger partial charge on any atom is 0.407 e. The number of rotatable bonds is 15. The van der Waals surface area contributed by atoms with Gasteiger partial charge in [0.1, 0.15) is 25.5 Å².